The van der Waals surface area contributed by atoms with E-state index in [0.29, 0.717) is 0 Å². The van der Waals surface area contributed by atoms with E-state index in [0.717, 1.165) is 5.56 Å². The van der Waals surface area contributed by atoms with Gasteiger partial charge in [-0.3, -0.25) is 4.18 Å². The highest BCUT2D eigenvalue weighted by molar-refractivity contribution is 7.79. The normalized spacial score (nSPS) is 14.5. The molecule has 2 nitrogen and oxygen atoms in total. The van der Waals surface area contributed by atoms with Gasteiger partial charge in [-0.1, -0.05) is 36.3 Å². The second kappa shape index (κ2) is 4.80. The van der Waals surface area contributed by atoms with Gasteiger partial charge in [0, 0.05) is 6.26 Å². The number of rotatable bonds is 3. The van der Waals surface area contributed by atoms with E-state index >= 15 is 0 Å². The zero-order valence-corrected chi connectivity index (χ0v) is 8.08. The van der Waals surface area contributed by atoms with Gasteiger partial charge in [0.25, 0.3) is 0 Å². The summed E-state index contributed by atoms with van der Waals surface area (Å²) >= 11 is -1.34. The van der Waals surface area contributed by atoms with Gasteiger partial charge in [-0.05, 0) is 5.56 Å². The Hall–Kier alpha value is -1.11. The molecular formula is C10H10O2S. The minimum atomic E-state index is -1.34. The van der Waals surface area contributed by atoms with Gasteiger partial charge in [-0.25, -0.2) is 4.21 Å². The van der Waals surface area contributed by atoms with Crippen molar-refractivity contribution in [2.24, 2.45) is 0 Å². The van der Waals surface area contributed by atoms with Crippen LogP contribution in [-0.2, 0) is 15.3 Å². The molecule has 0 N–H and O–H groups in total. The van der Waals surface area contributed by atoms with Crippen molar-refractivity contribution in [3.8, 4) is 12.3 Å². The van der Waals surface area contributed by atoms with Crippen LogP contribution >= 0.6 is 0 Å². The monoisotopic (exact) mass is 194 g/mol. The predicted octanol–water partition coefficient (Wildman–Crippen LogP) is 1.67. The first-order valence-electron chi connectivity index (χ1n) is 3.75. The number of terminal acetylenes is 1. The van der Waals surface area contributed by atoms with Crippen LogP contribution in [0, 0.1) is 12.3 Å². The molecule has 13 heavy (non-hydrogen) atoms. The van der Waals surface area contributed by atoms with E-state index in [2.05, 4.69) is 5.92 Å². The zero-order valence-electron chi connectivity index (χ0n) is 7.27. The molecule has 2 atom stereocenters. The van der Waals surface area contributed by atoms with Crippen LogP contribution in [0.4, 0.5) is 0 Å². The molecule has 0 amide bonds. The molecule has 0 fully saturated rings. The highest BCUT2D eigenvalue weighted by Crippen LogP contribution is 2.16. The van der Waals surface area contributed by atoms with E-state index < -0.39 is 17.2 Å². The van der Waals surface area contributed by atoms with Gasteiger partial charge in [-0.15, -0.1) is 6.42 Å². The maximum absolute atomic E-state index is 10.8. The Bertz CT molecular complexity index is 327. The van der Waals surface area contributed by atoms with Gasteiger partial charge in [0.1, 0.15) is 0 Å². The van der Waals surface area contributed by atoms with Crippen molar-refractivity contribution in [3.63, 3.8) is 0 Å². The lowest BCUT2D eigenvalue weighted by atomic mass is 10.1. The molecule has 0 saturated heterocycles. The molecule has 0 saturated carbocycles. The molecule has 0 aliphatic carbocycles. The second-order valence-corrected chi connectivity index (χ2v) is 3.45. The lowest BCUT2D eigenvalue weighted by molar-refractivity contribution is 0.297. The van der Waals surface area contributed by atoms with Crippen LogP contribution in [0.2, 0.25) is 0 Å². The smallest absolute Gasteiger partial charge is 0.160 e. The summed E-state index contributed by atoms with van der Waals surface area (Å²) in [5.41, 5.74) is 0.847. The van der Waals surface area contributed by atoms with Crippen molar-refractivity contribution < 1.29 is 8.39 Å². The van der Waals surface area contributed by atoms with E-state index in [1.807, 2.05) is 30.3 Å². The summed E-state index contributed by atoms with van der Waals surface area (Å²) in [5.74, 6) is 2.43. The van der Waals surface area contributed by atoms with Gasteiger partial charge >= 0.3 is 0 Å². The first-order valence-corrected chi connectivity index (χ1v) is 5.24. The van der Waals surface area contributed by atoms with Crippen molar-refractivity contribution in [3.05, 3.63) is 35.9 Å². The Kier molecular flexibility index (Phi) is 3.69. The van der Waals surface area contributed by atoms with Crippen LogP contribution in [0.15, 0.2) is 30.3 Å². The fourth-order valence-electron chi connectivity index (χ4n) is 0.943. The third-order valence-electron chi connectivity index (χ3n) is 1.49. The molecule has 0 bridgehead atoms. The minimum absolute atomic E-state index is 0.521. The van der Waals surface area contributed by atoms with Gasteiger partial charge in [0.2, 0.25) is 0 Å². The molecule has 3 heteroatoms. The number of benzene rings is 1. The number of hydrogen-bond donors (Lipinski definition) is 0. The topological polar surface area (TPSA) is 26.3 Å². The molecule has 1 aromatic carbocycles. The van der Waals surface area contributed by atoms with Crippen molar-refractivity contribution >= 4 is 11.1 Å². The Morgan fingerprint density at radius 1 is 1.46 bits per heavy atom. The van der Waals surface area contributed by atoms with Crippen LogP contribution in [0.5, 0.6) is 0 Å². The quantitative estimate of drug-likeness (QED) is 0.684. The fraction of sp³-hybridized carbons (Fsp3) is 0.200. The summed E-state index contributed by atoms with van der Waals surface area (Å²) in [6.07, 6.45) is 6.17. The Morgan fingerprint density at radius 3 is 2.54 bits per heavy atom. The summed E-state index contributed by atoms with van der Waals surface area (Å²) in [6.45, 7) is 0. The largest absolute Gasteiger partial charge is 0.269 e. The molecule has 0 aromatic heterocycles. The van der Waals surface area contributed by atoms with Crippen molar-refractivity contribution in [2.75, 3.05) is 6.26 Å². The highest BCUT2D eigenvalue weighted by atomic mass is 32.2. The van der Waals surface area contributed by atoms with Gasteiger partial charge in [0.15, 0.2) is 17.2 Å². The first-order chi connectivity index (χ1) is 6.24. The van der Waals surface area contributed by atoms with Crippen LogP contribution < -0.4 is 0 Å². The van der Waals surface area contributed by atoms with E-state index in [1.165, 1.54) is 6.26 Å². The summed E-state index contributed by atoms with van der Waals surface area (Å²) < 4.78 is 15.8. The molecule has 1 aromatic rings. The van der Waals surface area contributed by atoms with Crippen molar-refractivity contribution in [2.45, 2.75) is 6.10 Å². The summed E-state index contributed by atoms with van der Waals surface area (Å²) in [6, 6.07) is 9.30. The lowest BCUT2D eigenvalue weighted by Gasteiger charge is -2.08. The van der Waals surface area contributed by atoms with Crippen molar-refractivity contribution in [1.82, 2.24) is 0 Å². The van der Waals surface area contributed by atoms with Crippen molar-refractivity contribution in [1.29, 1.82) is 0 Å². The summed E-state index contributed by atoms with van der Waals surface area (Å²) in [7, 11) is 0. The molecule has 0 spiro atoms. The molecule has 1 rings (SSSR count). The van der Waals surface area contributed by atoms with Crippen LogP contribution in [0.25, 0.3) is 0 Å². The molecule has 68 valence electrons. The Labute approximate surface area is 80.6 Å². The molecule has 0 aliphatic heterocycles. The maximum Gasteiger partial charge on any atom is 0.160 e. The third kappa shape index (κ3) is 3.02. The Balaban J connectivity index is 2.80. The van der Waals surface area contributed by atoms with Gasteiger partial charge in [0.05, 0.1) is 0 Å². The SMILES string of the molecule is C#CC(O[S@](C)=O)c1ccccc1. The van der Waals surface area contributed by atoms with E-state index in [4.69, 9.17) is 10.6 Å². The van der Waals surface area contributed by atoms with Crippen LogP contribution in [0.3, 0.4) is 0 Å². The van der Waals surface area contributed by atoms with Gasteiger partial charge in [-0.2, -0.15) is 0 Å². The zero-order chi connectivity index (χ0) is 9.68. The molecule has 1 unspecified atom stereocenters. The second-order valence-electron chi connectivity index (χ2n) is 2.45. The standard InChI is InChI=1S/C10H10O2S/c1-3-10(12-13(2)11)9-7-5-4-6-8-9/h1,4-8,10H,2H3/t10?,13-/m1/s1. The van der Waals surface area contributed by atoms with Crippen LogP contribution in [0.1, 0.15) is 11.7 Å². The summed E-state index contributed by atoms with van der Waals surface area (Å²) in [5, 5.41) is 0. The average Bonchev–Trinajstić information content (AvgIpc) is 2.15. The minimum Gasteiger partial charge on any atom is -0.269 e. The lowest BCUT2D eigenvalue weighted by Crippen LogP contribution is -2.03. The van der Waals surface area contributed by atoms with E-state index in [-0.39, 0.29) is 0 Å². The van der Waals surface area contributed by atoms with E-state index in [9.17, 15) is 4.21 Å². The fourth-order valence-corrected chi connectivity index (χ4v) is 1.38. The van der Waals surface area contributed by atoms with Gasteiger partial charge < -0.3 is 0 Å². The molecule has 0 heterocycles. The first kappa shape index (κ1) is 9.97. The number of hydrogen-bond acceptors (Lipinski definition) is 2. The Morgan fingerprint density at radius 2 is 2.08 bits per heavy atom. The molecular weight excluding hydrogens is 184 g/mol. The van der Waals surface area contributed by atoms with E-state index in [1.54, 1.807) is 0 Å². The molecule has 0 aliphatic rings. The molecule has 0 radical (unpaired) electrons. The average molecular weight is 194 g/mol. The maximum atomic E-state index is 10.8. The summed E-state index contributed by atoms with van der Waals surface area (Å²) in [4.78, 5) is 0. The highest BCUT2D eigenvalue weighted by Gasteiger charge is 2.09. The third-order valence-corrected chi connectivity index (χ3v) is 1.95. The van der Waals surface area contributed by atoms with Crippen LogP contribution in [-0.4, -0.2) is 10.5 Å². The predicted molar refractivity (Wildman–Crippen MR) is 53.2 cm³/mol.